The minimum Gasteiger partial charge on any atom is -0.446 e. The molecule has 7 nitrogen and oxygen atoms in total. The van der Waals surface area contributed by atoms with Gasteiger partial charge in [-0.05, 0) is 55.5 Å². The molecule has 1 unspecified atom stereocenters. The van der Waals surface area contributed by atoms with Crippen LogP contribution in [0, 0.1) is 0 Å². The average Bonchev–Trinajstić information content (AvgIpc) is 3.13. The third-order valence-corrected chi connectivity index (χ3v) is 3.72. The van der Waals surface area contributed by atoms with Crippen molar-refractivity contribution in [1.82, 2.24) is 4.98 Å². The van der Waals surface area contributed by atoms with Crippen molar-refractivity contribution >= 4 is 23.1 Å². The van der Waals surface area contributed by atoms with Gasteiger partial charge in [-0.3, -0.25) is 9.59 Å². The van der Waals surface area contributed by atoms with E-state index in [0.717, 1.165) is 0 Å². The Morgan fingerprint density at radius 1 is 1.04 bits per heavy atom. The number of nitrogens with two attached hydrogens (primary N) is 2. The van der Waals surface area contributed by atoms with Gasteiger partial charge in [-0.15, -0.1) is 0 Å². The van der Waals surface area contributed by atoms with Crippen LogP contribution in [-0.4, -0.2) is 16.7 Å². The summed E-state index contributed by atoms with van der Waals surface area (Å²) in [5.41, 5.74) is 13.6. The Morgan fingerprint density at radius 2 is 1.62 bits per heavy atom. The van der Waals surface area contributed by atoms with Gasteiger partial charge in [-0.2, -0.15) is 0 Å². The molecule has 1 amide bonds. The molecular formula is C19H18N4O3. The number of carbonyl (C=O) groups excluding carboxylic acids is 2. The van der Waals surface area contributed by atoms with E-state index in [4.69, 9.17) is 15.9 Å². The van der Waals surface area contributed by atoms with Crippen molar-refractivity contribution < 1.29 is 14.0 Å². The zero-order chi connectivity index (χ0) is 18.7. The van der Waals surface area contributed by atoms with Crippen LogP contribution in [0.3, 0.4) is 0 Å². The smallest absolute Gasteiger partial charge is 0.277 e. The summed E-state index contributed by atoms with van der Waals surface area (Å²) in [4.78, 5) is 28.6. The van der Waals surface area contributed by atoms with E-state index >= 15 is 0 Å². The number of benzene rings is 2. The van der Waals surface area contributed by atoms with Crippen LogP contribution in [0.4, 0.5) is 11.4 Å². The number of anilines is 2. The Bertz CT molecular complexity index is 928. The molecule has 0 saturated heterocycles. The van der Waals surface area contributed by atoms with Gasteiger partial charge >= 0.3 is 0 Å². The van der Waals surface area contributed by atoms with E-state index in [9.17, 15) is 9.59 Å². The summed E-state index contributed by atoms with van der Waals surface area (Å²) >= 11 is 0. The normalized spacial score (nSPS) is 11.8. The van der Waals surface area contributed by atoms with Crippen LogP contribution in [0.5, 0.6) is 0 Å². The molecule has 0 saturated carbocycles. The average molecular weight is 350 g/mol. The van der Waals surface area contributed by atoms with Crippen LogP contribution >= 0.6 is 0 Å². The molecule has 0 fully saturated rings. The first kappa shape index (κ1) is 17.4. The predicted molar refractivity (Wildman–Crippen MR) is 97.8 cm³/mol. The molecule has 2 aromatic carbocycles. The molecular weight excluding hydrogens is 332 g/mol. The van der Waals surface area contributed by atoms with Crippen LogP contribution in [0.25, 0.3) is 0 Å². The van der Waals surface area contributed by atoms with Crippen LogP contribution in [0.15, 0.2) is 59.2 Å². The fourth-order valence-electron chi connectivity index (χ4n) is 2.30. The van der Waals surface area contributed by atoms with Crippen molar-refractivity contribution in [2.24, 2.45) is 5.73 Å². The molecule has 26 heavy (non-hydrogen) atoms. The Morgan fingerprint density at radius 3 is 2.15 bits per heavy atom. The van der Waals surface area contributed by atoms with Gasteiger partial charge < -0.3 is 21.2 Å². The summed E-state index contributed by atoms with van der Waals surface area (Å²) in [7, 11) is 0. The molecule has 0 bridgehead atoms. The van der Waals surface area contributed by atoms with Gasteiger partial charge in [0.15, 0.2) is 11.5 Å². The Labute approximate surface area is 150 Å². The Hall–Kier alpha value is -3.45. The first-order valence-corrected chi connectivity index (χ1v) is 7.96. The maximum Gasteiger partial charge on any atom is 0.277 e. The topological polar surface area (TPSA) is 124 Å². The zero-order valence-corrected chi connectivity index (χ0v) is 14.1. The van der Waals surface area contributed by atoms with Crippen LogP contribution in [-0.2, 0) is 0 Å². The third kappa shape index (κ3) is 3.79. The number of nitrogen functional groups attached to an aromatic ring is 1. The molecule has 1 heterocycles. The Kier molecular flexibility index (Phi) is 4.81. The first-order chi connectivity index (χ1) is 12.4. The monoisotopic (exact) mass is 350 g/mol. The lowest BCUT2D eigenvalue weighted by atomic mass is 10.0. The van der Waals surface area contributed by atoms with Crippen molar-refractivity contribution in [2.75, 3.05) is 11.1 Å². The van der Waals surface area contributed by atoms with E-state index in [1.165, 1.54) is 6.26 Å². The number of carbonyl (C=O) groups is 2. The summed E-state index contributed by atoms with van der Waals surface area (Å²) in [5.74, 6) is -0.251. The molecule has 132 valence electrons. The summed E-state index contributed by atoms with van der Waals surface area (Å²) in [6.45, 7) is 1.71. The fraction of sp³-hybridized carbons (Fsp3) is 0.105. The molecule has 7 heteroatoms. The molecule has 3 aromatic rings. The fourth-order valence-corrected chi connectivity index (χ4v) is 2.30. The zero-order valence-electron chi connectivity index (χ0n) is 14.1. The van der Waals surface area contributed by atoms with Gasteiger partial charge in [0.05, 0.1) is 6.04 Å². The van der Waals surface area contributed by atoms with Crippen molar-refractivity contribution in [3.05, 3.63) is 77.5 Å². The number of amides is 1. The largest absolute Gasteiger partial charge is 0.446 e. The molecule has 0 aliphatic carbocycles. The molecule has 0 radical (unpaired) electrons. The minimum absolute atomic E-state index is 0.124. The number of aromatic nitrogens is 1. The van der Waals surface area contributed by atoms with Gasteiger partial charge in [0, 0.05) is 22.5 Å². The van der Waals surface area contributed by atoms with E-state index in [1.807, 2.05) is 0 Å². The third-order valence-electron chi connectivity index (χ3n) is 3.72. The standard InChI is InChI=1S/C19H18N4O3/c1-11(20)19-23-16(10-26-19)18(25)22-15-8-4-13(5-9-15)17(24)12-2-6-14(21)7-3-12/h2-11H,20-21H2,1H3,(H,22,25). The Balaban J connectivity index is 1.69. The van der Waals surface area contributed by atoms with Crippen LogP contribution < -0.4 is 16.8 Å². The van der Waals surface area contributed by atoms with Crippen LogP contribution in [0.2, 0.25) is 0 Å². The highest BCUT2D eigenvalue weighted by Crippen LogP contribution is 2.16. The van der Waals surface area contributed by atoms with Gasteiger partial charge in [-0.1, -0.05) is 0 Å². The maximum absolute atomic E-state index is 12.4. The highest BCUT2D eigenvalue weighted by molar-refractivity contribution is 6.09. The number of oxazole rings is 1. The number of hydrogen-bond acceptors (Lipinski definition) is 6. The number of nitrogens with zero attached hydrogens (tertiary/aromatic N) is 1. The number of nitrogens with one attached hydrogen (secondary N) is 1. The van der Waals surface area contributed by atoms with Crippen LogP contribution in [0.1, 0.15) is 45.3 Å². The number of hydrogen-bond donors (Lipinski definition) is 3. The molecule has 0 aliphatic rings. The highest BCUT2D eigenvalue weighted by Gasteiger charge is 2.15. The van der Waals surface area contributed by atoms with E-state index < -0.39 is 11.9 Å². The lowest BCUT2D eigenvalue weighted by Gasteiger charge is -2.05. The number of rotatable bonds is 5. The lowest BCUT2D eigenvalue weighted by Crippen LogP contribution is -2.13. The first-order valence-electron chi connectivity index (χ1n) is 7.96. The van der Waals surface area contributed by atoms with Gasteiger partial charge in [-0.25, -0.2) is 4.98 Å². The van der Waals surface area contributed by atoms with E-state index in [1.54, 1.807) is 55.5 Å². The second-order valence-electron chi connectivity index (χ2n) is 5.84. The maximum atomic E-state index is 12.4. The molecule has 1 atom stereocenters. The molecule has 3 rings (SSSR count). The summed E-state index contributed by atoms with van der Waals surface area (Å²) in [6.07, 6.45) is 1.26. The van der Waals surface area contributed by atoms with Gasteiger partial charge in [0.2, 0.25) is 5.89 Å². The van der Waals surface area contributed by atoms with Gasteiger partial charge in [0.25, 0.3) is 5.91 Å². The molecule has 0 spiro atoms. The predicted octanol–water partition coefficient (Wildman–Crippen LogP) is 2.76. The molecule has 5 N–H and O–H groups in total. The lowest BCUT2D eigenvalue weighted by molar-refractivity contribution is 0.102. The quantitative estimate of drug-likeness (QED) is 0.480. The molecule has 0 aliphatic heterocycles. The van der Waals surface area contributed by atoms with Crippen molar-refractivity contribution in [2.45, 2.75) is 13.0 Å². The highest BCUT2D eigenvalue weighted by atomic mass is 16.3. The van der Waals surface area contributed by atoms with E-state index in [2.05, 4.69) is 10.3 Å². The minimum atomic E-state index is -0.418. The second kappa shape index (κ2) is 7.20. The summed E-state index contributed by atoms with van der Waals surface area (Å²) in [6, 6.07) is 12.9. The van der Waals surface area contributed by atoms with E-state index in [-0.39, 0.29) is 11.5 Å². The molecule has 1 aromatic heterocycles. The summed E-state index contributed by atoms with van der Waals surface area (Å²) < 4.78 is 5.14. The SMILES string of the molecule is CC(N)c1nc(C(=O)Nc2ccc(C(=O)c3ccc(N)cc3)cc2)co1. The summed E-state index contributed by atoms with van der Waals surface area (Å²) in [5, 5.41) is 2.69. The van der Waals surface area contributed by atoms with E-state index in [0.29, 0.717) is 28.4 Å². The van der Waals surface area contributed by atoms with Gasteiger partial charge in [0.1, 0.15) is 6.26 Å². The second-order valence-corrected chi connectivity index (χ2v) is 5.84. The van der Waals surface area contributed by atoms with Crippen molar-refractivity contribution in [3.8, 4) is 0 Å². The number of ketones is 1. The van der Waals surface area contributed by atoms with Crippen molar-refractivity contribution in [3.63, 3.8) is 0 Å². The van der Waals surface area contributed by atoms with Crippen molar-refractivity contribution in [1.29, 1.82) is 0 Å².